The van der Waals surface area contributed by atoms with Crippen molar-refractivity contribution in [2.45, 2.75) is 26.2 Å². The number of hydrogen-bond acceptors (Lipinski definition) is 4. The summed E-state index contributed by atoms with van der Waals surface area (Å²) < 4.78 is 25.6. The molecule has 0 bridgehead atoms. The maximum atomic E-state index is 12.0. The van der Waals surface area contributed by atoms with Crippen LogP contribution in [0.5, 0.6) is 0 Å². The lowest BCUT2D eigenvalue weighted by Gasteiger charge is -2.25. The van der Waals surface area contributed by atoms with Crippen LogP contribution in [0.3, 0.4) is 0 Å². The first kappa shape index (κ1) is 15.3. The van der Waals surface area contributed by atoms with E-state index in [0.717, 1.165) is 43.9 Å². The van der Waals surface area contributed by atoms with E-state index >= 15 is 0 Å². The second-order valence-electron chi connectivity index (χ2n) is 4.28. The second kappa shape index (κ2) is 8.34. The molecule has 1 rings (SSSR count). The van der Waals surface area contributed by atoms with Crippen LogP contribution in [-0.4, -0.2) is 56.2 Å². The highest BCUT2D eigenvalue weighted by Gasteiger charge is 2.23. The summed E-state index contributed by atoms with van der Waals surface area (Å²) in [5, 5.41) is 3.29. The van der Waals surface area contributed by atoms with Crippen molar-refractivity contribution >= 4 is 21.8 Å². The largest absolute Gasteiger partial charge is 0.317 e. The highest BCUT2D eigenvalue weighted by Crippen LogP contribution is 2.14. The molecular formula is C11H24N2O2S2. The Balaban J connectivity index is 2.15. The lowest BCUT2D eigenvalue weighted by atomic mass is 10.3. The monoisotopic (exact) mass is 280 g/mol. The highest BCUT2D eigenvalue weighted by atomic mass is 32.2. The summed E-state index contributed by atoms with van der Waals surface area (Å²) in [6.07, 6.45) is 2.84. The zero-order chi connectivity index (χ0) is 12.6. The second-order valence-corrected chi connectivity index (χ2v) is 7.60. The molecule has 0 amide bonds. The first-order chi connectivity index (χ1) is 8.17. The van der Waals surface area contributed by atoms with Crippen LogP contribution in [0, 0.1) is 0 Å². The SMILES string of the molecule is CCCNCCCCS(=O)(=O)N1CCSCC1. The van der Waals surface area contributed by atoms with Crippen LogP contribution in [0.1, 0.15) is 26.2 Å². The molecule has 0 aromatic heterocycles. The molecule has 102 valence electrons. The molecule has 1 aliphatic heterocycles. The minimum atomic E-state index is -2.98. The van der Waals surface area contributed by atoms with E-state index in [4.69, 9.17) is 0 Å². The Bertz CT molecular complexity index is 288. The molecule has 0 aliphatic carbocycles. The summed E-state index contributed by atoms with van der Waals surface area (Å²) in [6, 6.07) is 0. The van der Waals surface area contributed by atoms with Crippen molar-refractivity contribution in [1.29, 1.82) is 0 Å². The normalized spacial score (nSPS) is 18.4. The first-order valence-corrected chi connectivity index (χ1v) is 9.19. The van der Waals surface area contributed by atoms with Crippen LogP contribution >= 0.6 is 11.8 Å². The minimum absolute atomic E-state index is 0.311. The minimum Gasteiger partial charge on any atom is -0.317 e. The molecule has 6 heteroatoms. The first-order valence-electron chi connectivity index (χ1n) is 6.43. The van der Waals surface area contributed by atoms with Gasteiger partial charge >= 0.3 is 0 Å². The predicted molar refractivity (Wildman–Crippen MR) is 75.1 cm³/mol. The maximum absolute atomic E-state index is 12.0. The molecular weight excluding hydrogens is 256 g/mol. The number of unbranched alkanes of at least 4 members (excludes halogenated alkanes) is 1. The Morgan fingerprint density at radius 2 is 1.88 bits per heavy atom. The van der Waals surface area contributed by atoms with Gasteiger partial charge in [-0.25, -0.2) is 12.7 Å². The number of thioether (sulfide) groups is 1. The molecule has 1 N–H and O–H groups in total. The zero-order valence-corrected chi connectivity index (χ0v) is 12.3. The Hall–Kier alpha value is 0.220. The lowest BCUT2D eigenvalue weighted by Crippen LogP contribution is -2.39. The highest BCUT2D eigenvalue weighted by molar-refractivity contribution is 7.99. The average molecular weight is 280 g/mol. The molecule has 0 unspecified atom stereocenters. The fraction of sp³-hybridized carbons (Fsp3) is 1.00. The van der Waals surface area contributed by atoms with Crippen LogP contribution in [0.25, 0.3) is 0 Å². The molecule has 0 spiro atoms. The van der Waals surface area contributed by atoms with E-state index in [1.807, 2.05) is 11.8 Å². The van der Waals surface area contributed by atoms with Gasteiger partial charge in [0, 0.05) is 24.6 Å². The molecule has 0 aromatic rings. The number of hydrogen-bond donors (Lipinski definition) is 1. The quantitative estimate of drug-likeness (QED) is 0.678. The van der Waals surface area contributed by atoms with Gasteiger partial charge in [0.15, 0.2) is 0 Å². The topological polar surface area (TPSA) is 49.4 Å². The van der Waals surface area contributed by atoms with Gasteiger partial charge in [0.2, 0.25) is 10.0 Å². The van der Waals surface area contributed by atoms with E-state index in [-0.39, 0.29) is 0 Å². The Labute approximate surface area is 110 Å². The summed E-state index contributed by atoms with van der Waals surface area (Å²) >= 11 is 1.84. The molecule has 1 aliphatic rings. The molecule has 0 saturated carbocycles. The van der Waals surface area contributed by atoms with Crippen molar-refractivity contribution in [3.05, 3.63) is 0 Å². The molecule has 4 nitrogen and oxygen atoms in total. The van der Waals surface area contributed by atoms with Gasteiger partial charge in [0.25, 0.3) is 0 Å². The van der Waals surface area contributed by atoms with Gasteiger partial charge in [-0.3, -0.25) is 0 Å². The third kappa shape index (κ3) is 6.08. The molecule has 17 heavy (non-hydrogen) atoms. The number of nitrogens with one attached hydrogen (secondary N) is 1. The van der Waals surface area contributed by atoms with E-state index in [2.05, 4.69) is 12.2 Å². The van der Waals surface area contributed by atoms with Crippen molar-refractivity contribution in [3.63, 3.8) is 0 Å². The third-order valence-electron chi connectivity index (χ3n) is 2.80. The van der Waals surface area contributed by atoms with Crippen LogP contribution in [0.4, 0.5) is 0 Å². The molecule has 0 radical (unpaired) electrons. The van der Waals surface area contributed by atoms with Gasteiger partial charge in [-0.1, -0.05) is 6.92 Å². The molecule has 1 fully saturated rings. The standard InChI is InChI=1S/C11H24N2O2S2/c1-2-5-12-6-3-4-11-17(14,15)13-7-9-16-10-8-13/h12H,2-11H2,1H3. The maximum Gasteiger partial charge on any atom is 0.214 e. The van der Waals surface area contributed by atoms with Crippen molar-refractivity contribution < 1.29 is 8.42 Å². The van der Waals surface area contributed by atoms with Crippen molar-refractivity contribution in [3.8, 4) is 0 Å². The Morgan fingerprint density at radius 1 is 1.18 bits per heavy atom. The predicted octanol–water partition coefficient (Wildman–Crippen LogP) is 1.14. The van der Waals surface area contributed by atoms with Crippen molar-refractivity contribution in [1.82, 2.24) is 9.62 Å². The summed E-state index contributed by atoms with van der Waals surface area (Å²) in [7, 11) is -2.98. The van der Waals surface area contributed by atoms with Gasteiger partial charge in [-0.05, 0) is 32.4 Å². The molecule has 1 heterocycles. The lowest BCUT2D eigenvalue weighted by molar-refractivity contribution is 0.441. The van der Waals surface area contributed by atoms with Crippen LogP contribution in [0.2, 0.25) is 0 Å². The van der Waals surface area contributed by atoms with Gasteiger partial charge in [0.1, 0.15) is 0 Å². The van der Waals surface area contributed by atoms with E-state index in [1.165, 1.54) is 0 Å². The number of sulfonamides is 1. The summed E-state index contributed by atoms with van der Waals surface area (Å²) in [4.78, 5) is 0. The fourth-order valence-corrected chi connectivity index (χ4v) is 4.49. The van der Waals surface area contributed by atoms with Crippen LogP contribution < -0.4 is 5.32 Å². The fourth-order valence-electron chi connectivity index (χ4n) is 1.79. The average Bonchev–Trinajstić information content (AvgIpc) is 2.35. The van der Waals surface area contributed by atoms with Crippen molar-refractivity contribution in [2.75, 3.05) is 43.4 Å². The van der Waals surface area contributed by atoms with Gasteiger partial charge in [0.05, 0.1) is 5.75 Å². The van der Waals surface area contributed by atoms with Gasteiger partial charge < -0.3 is 5.32 Å². The zero-order valence-electron chi connectivity index (χ0n) is 10.7. The van der Waals surface area contributed by atoms with E-state index in [9.17, 15) is 8.42 Å². The molecule has 1 saturated heterocycles. The summed E-state index contributed by atoms with van der Waals surface area (Å²) in [5.41, 5.74) is 0. The van der Waals surface area contributed by atoms with Crippen molar-refractivity contribution in [2.24, 2.45) is 0 Å². The third-order valence-corrected chi connectivity index (χ3v) is 5.70. The Morgan fingerprint density at radius 3 is 2.53 bits per heavy atom. The Kier molecular flexibility index (Phi) is 7.50. The van der Waals surface area contributed by atoms with Crippen LogP contribution in [-0.2, 0) is 10.0 Å². The summed E-state index contributed by atoms with van der Waals surface area (Å²) in [5.74, 6) is 2.19. The van der Waals surface area contributed by atoms with E-state index in [0.29, 0.717) is 18.8 Å². The number of rotatable bonds is 8. The van der Waals surface area contributed by atoms with E-state index in [1.54, 1.807) is 4.31 Å². The van der Waals surface area contributed by atoms with E-state index < -0.39 is 10.0 Å². The molecule has 0 aromatic carbocycles. The summed E-state index contributed by atoms with van der Waals surface area (Å²) in [6.45, 7) is 5.48. The molecule has 0 atom stereocenters. The van der Waals surface area contributed by atoms with Gasteiger partial charge in [-0.2, -0.15) is 11.8 Å². The van der Waals surface area contributed by atoms with Gasteiger partial charge in [-0.15, -0.1) is 0 Å². The number of nitrogens with zero attached hydrogens (tertiary/aromatic N) is 1. The van der Waals surface area contributed by atoms with Crippen LogP contribution in [0.15, 0.2) is 0 Å². The smallest absolute Gasteiger partial charge is 0.214 e.